The summed E-state index contributed by atoms with van der Waals surface area (Å²) in [6.45, 7) is 1.64. The van der Waals surface area contributed by atoms with E-state index in [9.17, 15) is 8.42 Å². The Labute approximate surface area is 116 Å². The smallest absolute Gasteiger partial charge is 0.207 e. The van der Waals surface area contributed by atoms with E-state index in [0.29, 0.717) is 5.02 Å². The third-order valence-electron chi connectivity index (χ3n) is 2.09. The molecule has 3 nitrogen and oxygen atoms in total. The summed E-state index contributed by atoms with van der Waals surface area (Å²) in [4.78, 5) is 0.128. The lowest BCUT2D eigenvalue weighted by Crippen LogP contribution is -2.49. The number of benzene rings is 1. The maximum absolute atomic E-state index is 12.0. The Bertz CT molecular complexity index is 469. The second kappa shape index (κ2) is 5.76. The minimum absolute atomic E-state index is 0.0866. The van der Waals surface area contributed by atoms with Crippen LogP contribution in [0, 0.1) is 0 Å². The Balaban J connectivity index is 3.00. The molecule has 7 heteroatoms. The monoisotopic (exact) mass is 315 g/mol. The van der Waals surface area contributed by atoms with Gasteiger partial charge in [-0.2, -0.15) is 0 Å². The Kier molecular flexibility index (Phi) is 5.10. The molecule has 0 heterocycles. The zero-order valence-corrected chi connectivity index (χ0v) is 12.2. The van der Waals surface area contributed by atoms with Crippen LogP contribution in [0.1, 0.15) is 6.92 Å². The first-order valence-electron chi connectivity index (χ1n) is 4.74. The number of alkyl halides is 2. The summed E-state index contributed by atoms with van der Waals surface area (Å²) in [7, 11) is -3.64. The zero-order valence-electron chi connectivity index (χ0n) is 9.08. The van der Waals surface area contributed by atoms with Crippen molar-refractivity contribution < 1.29 is 8.42 Å². The first kappa shape index (κ1) is 15.1. The van der Waals surface area contributed by atoms with Crippen molar-refractivity contribution in [3.05, 3.63) is 29.3 Å². The van der Waals surface area contributed by atoms with Gasteiger partial charge in [-0.1, -0.05) is 11.6 Å². The molecular weight excluding hydrogens is 305 g/mol. The van der Waals surface area contributed by atoms with Crippen LogP contribution in [0.15, 0.2) is 29.2 Å². The van der Waals surface area contributed by atoms with Crippen molar-refractivity contribution in [1.82, 2.24) is 4.72 Å². The second-order valence-electron chi connectivity index (χ2n) is 3.89. The molecule has 0 spiro atoms. The molecule has 1 rings (SSSR count). The van der Waals surface area contributed by atoms with Gasteiger partial charge in [0.05, 0.1) is 10.4 Å². The predicted octanol–water partition coefficient (Wildman–Crippen LogP) is 2.85. The van der Waals surface area contributed by atoms with E-state index in [2.05, 4.69) is 4.72 Å². The van der Waals surface area contributed by atoms with Crippen LogP contribution < -0.4 is 4.72 Å². The molecule has 0 bridgehead atoms. The molecule has 1 aromatic rings. The van der Waals surface area contributed by atoms with E-state index in [4.69, 9.17) is 34.8 Å². The van der Waals surface area contributed by atoms with Crippen LogP contribution in [0.5, 0.6) is 0 Å². The molecule has 1 aromatic carbocycles. The van der Waals surface area contributed by atoms with E-state index in [1.165, 1.54) is 24.3 Å². The lowest BCUT2D eigenvalue weighted by molar-refractivity contribution is 0.500. The van der Waals surface area contributed by atoms with Crippen molar-refractivity contribution in [1.29, 1.82) is 0 Å². The standard InChI is InChI=1S/C10H12Cl3NO2S/c1-10(6-11,7-12)14-17(15,16)9-4-2-8(13)3-5-9/h2-5,14H,6-7H2,1H3. The van der Waals surface area contributed by atoms with Gasteiger partial charge in [0, 0.05) is 16.8 Å². The van der Waals surface area contributed by atoms with Crippen molar-refractivity contribution in [3.63, 3.8) is 0 Å². The maximum atomic E-state index is 12.0. The second-order valence-corrected chi connectivity index (χ2v) is 6.54. The third kappa shape index (κ3) is 4.00. The number of nitrogens with one attached hydrogen (secondary N) is 1. The predicted molar refractivity (Wildman–Crippen MR) is 71.6 cm³/mol. The Morgan fingerprint density at radius 1 is 1.18 bits per heavy atom. The van der Waals surface area contributed by atoms with Crippen LogP contribution in [0.2, 0.25) is 5.02 Å². The van der Waals surface area contributed by atoms with E-state index < -0.39 is 15.6 Å². The molecule has 0 saturated heterocycles. The molecule has 0 fully saturated rings. The minimum atomic E-state index is -3.64. The van der Waals surface area contributed by atoms with Gasteiger partial charge in [0.1, 0.15) is 0 Å². The van der Waals surface area contributed by atoms with E-state index in [0.717, 1.165) is 0 Å². The summed E-state index contributed by atoms with van der Waals surface area (Å²) in [6.07, 6.45) is 0. The SMILES string of the molecule is CC(CCl)(CCl)NS(=O)(=O)c1ccc(Cl)cc1. The van der Waals surface area contributed by atoms with Crippen molar-refractivity contribution in [2.45, 2.75) is 17.4 Å². The molecule has 0 saturated carbocycles. The number of hydrogen-bond acceptors (Lipinski definition) is 2. The summed E-state index contributed by atoms with van der Waals surface area (Å²) in [5.74, 6) is 0.173. The average Bonchev–Trinajstić information content (AvgIpc) is 2.29. The number of sulfonamides is 1. The highest BCUT2D eigenvalue weighted by molar-refractivity contribution is 7.89. The summed E-state index contributed by atoms with van der Waals surface area (Å²) in [5.41, 5.74) is -0.873. The topological polar surface area (TPSA) is 46.2 Å². The van der Waals surface area contributed by atoms with Crippen LogP contribution in [-0.4, -0.2) is 25.7 Å². The molecule has 0 aliphatic carbocycles. The van der Waals surface area contributed by atoms with Crippen molar-refractivity contribution in [2.24, 2.45) is 0 Å². The molecule has 1 N–H and O–H groups in total. The summed E-state index contributed by atoms with van der Waals surface area (Å²) < 4.78 is 26.5. The highest BCUT2D eigenvalue weighted by Gasteiger charge is 2.29. The quantitative estimate of drug-likeness (QED) is 0.849. The van der Waals surface area contributed by atoms with Gasteiger partial charge in [0.15, 0.2) is 0 Å². The highest BCUT2D eigenvalue weighted by atomic mass is 35.5. The largest absolute Gasteiger partial charge is 0.241 e. The lowest BCUT2D eigenvalue weighted by Gasteiger charge is -2.25. The normalized spacial score (nSPS) is 12.7. The first-order chi connectivity index (χ1) is 7.83. The average molecular weight is 317 g/mol. The van der Waals surface area contributed by atoms with Crippen molar-refractivity contribution in [3.8, 4) is 0 Å². The van der Waals surface area contributed by atoms with Crippen LogP contribution in [0.3, 0.4) is 0 Å². The number of hydrogen-bond donors (Lipinski definition) is 1. The fourth-order valence-corrected chi connectivity index (χ4v) is 3.20. The lowest BCUT2D eigenvalue weighted by atomic mass is 10.1. The van der Waals surface area contributed by atoms with Gasteiger partial charge in [0.25, 0.3) is 0 Å². The van der Waals surface area contributed by atoms with E-state index >= 15 is 0 Å². The summed E-state index contributed by atoms with van der Waals surface area (Å²) >= 11 is 17.1. The van der Waals surface area contributed by atoms with E-state index in [1.807, 2.05) is 0 Å². The molecule has 0 unspecified atom stereocenters. The zero-order chi connectivity index (χ0) is 13.1. The molecule has 0 aromatic heterocycles. The van der Waals surface area contributed by atoms with Gasteiger partial charge in [-0.15, -0.1) is 23.2 Å². The first-order valence-corrected chi connectivity index (χ1v) is 7.67. The maximum Gasteiger partial charge on any atom is 0.241 e. The Morgan fingerprint density at radius 3 is 2.06 bits per heavy atom. The van der Waals surface area contributed by atoms with Crippen LogP contribution in [-0.2, 0) is 10.0 Å². The summed E-state index contributed by atoms with van der Waals surface area (Å²) in [5, 5.41) is 0.474. The van der Waals surface area contributed by atoms with Gasteiger partial charge in [-0.05, 0) is 31.2 Å². The molecule has 0 radical (unpaired) electrons. The highest BCUT2D eigenvalue weighted by Crippen LogP contribution is 2.18. The minimum Gasteiger partial charge on any atom is -0.207 e. The van der Waals surface area contributed by atoms with Crippen LogP contribution in [0.4, 0.5) is 0 Å². The van der Waals surface area contributed by atoms with Crippen LogP contribution in [0.25, 0.3) is 0 Å². The molecule has 0 atom stereocenters. The van der Waals surface area contributed by atoms with Gasteiger partial charge >= 0.3 is 0 Å². The number of halogens is 3. The van der Waals surface area contributed by atoms with Gasteiger partial charge in [0.2, 0.25) is 10.0 Å². The fraction of sp³-hybridized carbons (Fsp3) is 0.400. The molecule has 17 heavy (non-hydrogen) atoms. The molecule has 96 valence electrons. The van der Waals surface area contributed by atoms with Crippen molar-refractivity contribution >= 4 is 44.8 Å². The van der Waals surface area contributed by atoms with E-state index in [1.54, 1.807) is 6.92 Å². The summed E-state index contributed by atoms with van der Waals surface area (Å²) in [6, 6.07) is 5.87. The Morgan fingerprint density at radius 2 is 1.65 bits per heavy atom. The van der Waals surface area contributed by atoms with Gasteiger partial charge in [-0.3, -0.25) is 0 Å². The van der Waals surface area contributed by atoms with Gasteiger partial charge < -0.3 is 0 Å². The van der Waals surface area contributed by atoms with Crippen LogP contribution >= 0.6 is 34.8 Å². The van der Waals surface area contributed by atoms with E-state index in [-0.39, 0.29) is 16.7 Å². The molecule has 0 aliphatic rings. The van der Waals surface area contributed by atoms with Crippen molar-refractivity contribution in [2.75, 3.05) is 11.8 Å². The Hall–Kier alpha value is -0.000000000000000111. The number of rotatable bonds is 5. The molecule has 0 amide bonds. The fourth-order valence-electron chi connectivity index (χ4n) is 1.09. The molecular formula is C10H12Cl3NO2S. The van der Waals surface area contributed by atoms with Gasteiger partial charge in [-0.25, -0.2) is 13.1 Å². The molecule has 0 aliphatic heterocycles. The third-order valence-corrected chi connectivity index (χ3v) is 5.18.